The fraction of sp³-hybridized carbons (Fsp3) is 0.400. The largest absolute Gasteiger partial charge is 0.457 e. The van der Waals surface area contributed by atoms with Gasteiger partial charge in [-0.2, -0.15) is 0 Å². The van der Waals surface area contributed by atoms with Crippen molar-refractivity contribution in [2.45, 2.75) is 32.5 Å². The van der Waals surface area contributed by atoms with Gasteiger partial charge in [-0.1, -0.05) is 0 Å². The Balaban J connectivity index is 2.12. The number of β-amino-alcohol motifs (C(OH)–C–C–N with tert-alkyl or cyclic N) is 1. The standard InChI is InChI=1S/C15H19N3O4/c1-15(2,3)22-12(20)5-4-9-6-10-13(17-7-9)18-14(21)11(19)8-16-10/h4-7,11,16,19H,8H2,1-3H3,(H,17,18,21)/b5-4+/t11-/m0/s1. The molecule has 1 amide bonds. The summed E-state index contributed by atoms with van der Waals surface area (Å²) in [5, 5.41) is 14.9. The fourth-order valence-electron chi connectivity index (χ4n) is 1.81. The number of pyridine rings is 1. The molecule has 1 aliphatic heterocycles. The smallest absolute Gasteiger partial charge is 0.331 e. The minimum atomic E-state index is -1.13. The van der Waals surface area contributed by atoms with Crippen LogP contribution >= 0.6 is 0 Å². The highest BCUT2D eigenvalue weighted by atomic mass is 16.6. The van der Waals surface area contributed by atoms with Crippen molar-refractivity contribution in [3.05, 3.63) is 23.9 Å². The van der Waals surface area contributed by atoms with Crippen LogP contribution < -0.4 is 10.6 Å². The number of carbonyl (C=O) groups is 2. The lowest BCUT2D eigenvalue weighted by Gasteiger charge is -2.17. The number of amides is 1. The number of anilines is 2. The highest BCUT2D eigenvalue weighted by molar-refractivity contribution is 5.97. The molecule has 2 rings (SSSR count). The van der Waals surface area contributed by atoms with Crippen LogP contribution in [0.4, 0.5) is 11.5 Å². The Morgan fingerprint density at radius 3 is 2.91 bits per heavy atom. The molecule has 0 saturated heterocycles. The van der Waals surface area contributed by atoms with Gasteiger partial charge in [0, 0.05) is 18.8 Å². The highest BCUT2D eigenvalue weighted by Crippen LogP contribution is 2.23. The van der Waals surface area contributed by atoms with E-state index in [1.54, 1.807) is 32.9 Å². The first-order valence-corrected chi connectivity index (χ1v) is 6.88. The van der Waals surface area contributed by atoms with Gasteiger partial charge in [0.15, 0.2) is 5.82 Å². The van der Waals surface area contributed by atoms with Crippen LogP contribution in [-0.2, 0) is 14.3 Å². The molecule has 0 spiro atoms. The molecule has 1 aliphatic rings. The number of ether oxygens (including phenoxy) is 1. The van der Waals surface area contributed by atoms with Crippen LogP contribution in [-0.4, -0.2) is 40.2 Å². The molecular weight excluding hydrogens is 286 g/mol. The van der Waals surface area contributed by atoms with Crippen molar-refractivity contribution < 1.29 is 19.4 Å². The van der Waals surface area contributed by atoms with E-state index in [1.165, 1.54) is 12.3 Å². The van der Waals surface area contributed by atoms with Crippen molar-refractivity contribution in [2.24, 2.45) is 0 Å². The van der Waals surface area contributed by atoms with Gasteiger partial charge >= 0.3 is 5.97 Å². The molecule has 0 aromatic carbocycles. The van der Waals surface area contributed by atoms with Crippen molar-refractivity contribution in [1.82, 2.24) is 4.98 Å². The summed E-state index contributed by atoms with van der Waals surface area (Å²) < 4.78 is 5.17. The van der Waals surface area contributed by atoms with Gasteiger partial charge in [0.05, 0.1) is 5.69 Å². The summed E-state index contributed by atoms with van der Waals surface area (Å²) in [6.45, 7) is 5.47. The lowest BCUT2D eigenvalue weighted by Crippen LogP contribution is -2.30. The predicted molar refractivity (Wildman–Crippen MR) is 82.2 cm³/mol. The minimum Gasteiger partial charge on any atom is -0.457 e. The third-order valence-corrected chi connectivity index (χ3v) is 2.76. The van der Waals surface area contributed by atoms with Gasteiger partial charge in [0.25, 0.3) is 5.91 Å². The average Bonchev–Trinajstić information content (AvgIpc) is 2.55. The van der Waals surface area contributed by atoms with Crippen LogP contribution in [0.5, 0.6) is 0 Å². The van der Waals surface area contributed by atoms with E-state index in [4.69, 9.17) is 4.74 Å². The lowest BCUT2D eigenvalue weighted by atomic mass is 10.2. The van der Waals surface area contributed by atoms with Crippen molar-refractivity contribution >= 4 is 29.5 Å². The van der Waals surface area contributed by atoms with E-state index in [2.05, 4.69) is 15.6 Å². The SMILES string of the molecule is CC(C)(C)OC(=O)/C=C/c1cnc2c(c1)NC[C@H](O)C(=O)N2. The molecule has 0 unspecified atom stereocenters. The maximum Gasteiger partial charge on any atom is 0.331 e. The number of carbonyl (C=O) groups excluding carboxylic acids is 2. The maximum absolute atomic E-state index is 11.6. The Kier molecular flexibility index (Phi) is 4.46. The minimum absolute atomic E-state index is 0.0970. The number of fused-ring (bicyclic) bond motifs is 1. The van der Waals surface area contributed by atoms with Gasteiger partial charge in [0.2, 0.25) is 0 Å². The second-order valence-electron chi connectivity index (χ2n) is 5.92. The zero-order chi connectivity index (χ0) is 16.3. The number of rotatable bonds is 2. The van der Waals surface area contributed by atoms with Gasteiger partial charge in [-0.25, -0.2) is 9.78 Å². The molecule has 0 saturated carbocycles. The molecule has 2 heterocycles. The molecule has 22 heavy (non-hydrogen) atoms. The zero-order valence-electron chi connectivity index (χ0n) is 12.7. The van der Waals surface area contributed by atoms with Crippen LogP contribution in [0.2, 0.25) is 0 Å². The summed E-state index contributed by atoms with van der Waals surface area (Å²) >= 11 is 0. The average molecular weight is 305 g/mol. The number of aromatic nitrogens is 1. The molecule has 3 N–H and O–H groups in total. The Morgan fingerprint density at radius 1 is 1.50 bits per heavy atom. The maximum atomic E-state index is 11.6. The summed E-state index contributed by atoms with van der Waals surface area (Å²) in [6.07, 6.45) is 3.28. The first-order chi connectivity index (χ1) is 10.2. The quantitative estimate of drug-likeness (QED) is 0.560. The van der Waals surface area contributed by atoms with Crippen LogP contribution in [0.3, 0.4) is 0 Å². The number of esters is 1. The summed E-state index contributed by atoms with van der Waals surface area (Å²) in [6, 6.07) is 1.72. The topological polar surface area (TPSA) is 101 Å². The van der Waals surface area contributed by atoms with Crippen molar-refractivity contribution in [2.75, 3.05) is 17.2 Å². The second-order valence-corrected chi connectivity index (χ2v) is 5.92. The monoisotopic (exact) mass is 305 g/mol. The third-order valence-electron chi connectivity index (χ3n) is 2.76. The molecule has 1 aromatic rings. The van der Waals surface area contributed by atoms with Gasteiger partial charge in [-0.05, 0) is 38.5 Å². The second kappa shape index (κ2) is 6.15. The normalized spacial score (nSPS) is 18.2. The van der Waals surface area contributed by atoms with E-state index in [1.807, 2.05) is 0 Å². The van der Waals surface area contributed by atoms with E-state index >= 15 is 0 Å². The Morgan fingerprint density at radius 2 is 2.23 bits per heavy atom. The molecule has 1 aromatic heterocycles. The molecule has 7 heteroatoms. The molecule has 7 nitrogen and oxygen atoms in total. The fourth-order valence-corrected chi connectivity index (χ4v) is 1.81. The molecule has 1 atom stereocenters. The molecule has 118 valence electrons. The van der Waals surface area contributed by atoms with Crippen molar-refractivity contribution in [3.8, 4) is 0 Å². The van der Waals surface area contributed by atoms with Gasteiger partial charge in [-0.3, -0.25) is 4.79 Å². The van der Waals surface area contributed by atoms with Crippen LogP contribution in [0.15, 0.2) is 18.3 Å². The summed E-state index contributed by atoms with van der Waals surface area (Å²) in [4.78, 5) is 27.2. The zero-order valence-corrected chi connectivity index (χ0v) is 12.7. The summed E-state index contributed by atoms with van der Waals surface area (Å²) in [5.41, 5.74) is 0.703. The van der Waals surface area contributed by atoms with E-state index < -0.39 is 23.6 Å². The Bertz CT molecular complexity index is 620. The number of nitrogens with one attached hydrogen (secondary N) is 2. The van der Waals surface area contributed by atoms with Crippen LogP contribution in [0, 0.1) is 0 Å². The van der Waals surface area contributed by atoms with Gasteiger partial charge in [0.1, 0.15) is 11.7 Å². The van der Waals surface area contributed by atoms with E-state index in [0.717, 1.165) is 0 Å². The third kappa shape index (κ3) is 4.29. The number of hydrogen-bond donors (Lipinski definition) is 3. The first kappa shape index (κ1) is 16.0. The molecule has 0 fully saturated rings. The molecular formula is C15H19N3O4. The van der Waals surface area contributed by atoms with Gasteiger partial charge in [-0.15, -0.1) is 0 Å². The van der Waals surface area contributed by atoms with Crippen LogP contribution in [0.1, 0.15) is 26.3 Å². The lowest BCUT2D eigenvalue weighted by molar-refractivity contribution is -0.148. The Labute approximate surface area is 128 Å². The van der Waals surface area contributed by atoms with E-state index in [-0.39, 0.29) is 6.54 Å². The van der Waals surface area contributed by atoms with Gasteiger partial charge < -0.3 is 20.5 Å². The number of aliphatic hydroxyl groups is 1. The summed E-state index contributed by atoms with van der Waals surface area (Å²) in [7, 11) is 0. The molecule has 0 aliphatic carbocycles. The number of aliphatic hydroxyl groups excluding tert-OH is 1. The number of nitrogens with zero attached hydrogens (tertiary/aromatic N) is 1. The predicted octanol–water partition coefficient (Wildman–Crippen LogP) is 1.16. The molecule has 0 radical (unpaired) electrons. The summed E-state index contributed by atoms with van der Waals surface area (Å²) in [5.74, 6) is -0.606. The van der Waals surface area contributed by atoms with Crippen molar-refractivity contribution in [3.63, 3.8) is 0 Å². The Hall–Kier alpha value is -2.41. The number of hydrogen-bond acceptors (Lipinski definition) is 6. The first-order valence-electron chi connectivity index (χ1n) is 6.88. The van der Waals surface area contributed by atoms with E-state index in [0.29, 0.717) is 17.1 Å². The van der Waals surface area contributed by atoms with Crippen molar-refractivity contribution in [1.29, 1.82) is 0 Å². The highest BCUT2D eigenvalue weighted by Gasteiger charge is 2.21. The molecule has 0 bridgehead atoms. The van der Waals surface area contributed by atoms with E-state index in [9.17, 15) is 14.7 Å². The van der Waals surface area contributed by atoms with Crippen LogP contribution in [0.25, 0.3) is 6.08 Å².